The average molecular weight is 278 g/mol. The summed E-state index contributed by atoms with van der Waals surface area (Å²) in [6, 6.07) is 5.72. The van der Waals surface area contributed by atoms with Gasteiger partial charge >= 0.3 is 0 Å². The lowest BCUT2D eigenvalue weighted by Gasteiger charge is -2.18. The van der Waals surface area contributed by atoms with Gasteiger partial charge in [-0.05, 0) is 18.7 Å². The molecule has 100 valence electrons. The van der Waals surface area contributed by atoms with Crippen molar-refractivity contribution in [2.75, 3.05) is 25.1 Å². The van der Waals surface area contributed by atoms with E-state index in [1.54, 1.807) is 0 Å². The molecule has 19 heavy (non-hydrogen) atoms. The van der Waals surface area contributed by atoms with Crippen molar-refractivity contribution in [3.05, 3.63) is 23.2 Å². The number of ether oxygens (including phenoxy) is 2. The first kappa shape index (κ1) is 12.2. The fourth-order valence-corrected chi connectivity index (χ4v) is 2.55. The van der Waals surface area contributed by atoms with Gasteiger partial charge in [0.2, 0.25) is 5.13 Å². The summed E-state index contributed by atoms with van der Waals surface area (Å²) in [6.45, 7) is 1.76. The van der Waals surface area contributed by atoms with Crippen molar-refractivity contribution >= 4 is 22.2 Å². The van der Waals surface area contributed by atoms with Gasteiger partial charge in [0, 0.05) is 18.2 Å². The lowest BCUT2D eigenvalue weighted by Crippen LogP contribution is -2.15. The predicted molar refractivity (Wildman–Crippen MR) is 73.4 cm³/mol. The second-order valence-electron chi connectivity index (χ2n) is 4.02. The third-order valence-corrected chi connectivity index (χ3v) is 3.52. The molecule has 0 spiro atoms. The van der Waals surface area contributed by atoms with Crippen molar-refractivity contribution in [1.29, 1.82) is 0 Å². The molecule has 0 saturated heterocycles. The van der Waals surface area contributed by atoms with Crippen LogP contribution in [-0.4, -0.2) is 30.0 Å². The number of nitrogens with two attached hydrogens (primary N) is 1. The normalized spacial score (nSPS) is 13.3. The van der Waals surface area contributed by atoms with Gasteiger partial charge in [-0.15, -0.1) is 10.2 Å². The fraction of sp³-hybridized carbons (Fsp3) is 0.333. The minimum Gasteiger partial charge on any atom is -0.486 e. The number of fused-ring (bicyclic) bond motifs is 1. The van der Waals surface area contributed by atoms with Gasteiger partial charge in [0.15, 0.2) is 11.5 Å². The number of hydrogen-bond acceptors (Lipinski definition) is 7. The van der Waals surface area contributed by atoms with Gasteiger partial charge in [-0.1, -0.05) is 11.3 Å². The van der Waals surface area contributed by atoms with Gasteiger partial charge in [-0.25, -0.2) is 0 Å². The molecule has 1 aliphatic rings. The molecule has 3 N–H and O–H groups in total. The highest BCUT2D eigenvalue weighted by molar-refractivity contribution is 7.15. The summed E-state index contributed by atoms with van der Waals surface area (Å²) in [7, 11) is 0. The Balaban J connectivity index is 1.75. The standard InChI is InChI=1S/C12H14N4O2S/c13-4-3-11-15-16-12(19-11)14-8-1-2-9-10(7-8)18-6-5-17-9/h1-2,7H,3-6,13H2,(H,14,16). The number of nitrogens with zero attached hydrogens (tertiary/aromatic N) is 2. The van der Waals surface area contributed by atoms with Gasteiger partial charge in [-0.3, -0.25) is 0 Å². The summed E-state index contributed by atoms with van der Waals surface area (Å²) in [5.74, 6) is 1.53. The Morgan fingerprint density at radius 3 is 2.89 bits per heavy atom. The van der Waals surface area contributed by atoms with Crippen LogP contribution < -0.4 is 20.5 Å². The third kappa shape index (κ3) is 2.77. The van der Waals surface area contributed by atoms with E-state index in [9.17, 15) is 0 Å². The fourth-order valence-electron chi connectivity index (χ4n) is 1.77. The molecule has 1 aliphatic heterocycles. The van der Waals surface area contributed by atoms with Crippen LogP contribution in [-0.2, 0) is 6.42 Å². The second kappa shape index (κ2) is 5.41. The number of aromatic nitrogens is 2. The monoisotopic (exact) mass is 278 g/mol. The Kier molecular flexibility index (Phi) is 3.47. The lowest BCUT2D eigenvalue weighted by molar-refractivity contribution is 0.171. The number of hydrogen-bond donors (Lipinski definition) is 2. The van der Waals surface area contributed by atoms with Gasteiger partial charge in [0.1, 0.15) is 18.2 Å². The number of anilines is 2. The number of rotatable bonds is 4. The van der Waals surface area contributed by atoms with Crippen LogP contribution >= 0.6 is 11.3 Å². The van der Waals surface area contributed by atoms with Gasteiger partial charge < -0.3 is 20.5 Å². The Bertz CT molecular complexity index is 573. The number of nitrogens with one attached hydrogen (secondary N) is 1. The predicted octanol–water partition coefficient (Wildman–Crippen LogP) is 1.55. The van der Waals surface area contributed by atoms with E-state index in [0.717, 1.165) is 33.7 Å². The van der Waals surface area contributed by atoms with Crippen LogP contribution in [0.3, 0.4) is 0 Å². The van der Waals surface area contributed by atoms with Crippen molar-refractivity contribution in [1.82, 2.24) is 10.2 Å². The first-order valence-electron chi connectivity index (χ1n) is 6.04. The van der Waals surface area contributed by atoms with Gasteiger partial charge in [0.05, 0.1) is 0 Å². The van der Waals surface area contributed by atoms with E-state index < -0.39 is 0 Å². The summed E-state index contributed by atoms with van der Waals surface area (Å²) in [5.41, 5.74) is 6.39. The quantitative estimate of drug-likeness (QED) is 0.883. The van der Waals surface area contributed by atoms with Crippen LogP contribution in [0.1, 0.15) is 5.01 Å². The molecule has 7 heteroatoms. The Hall–Kier alpha value is -1.86. The maximum atomic E-state index is 5.53. The summed E-state index contributed by atoms with van der Waals surface area (Å²) >= 11 is 1.50. The van der Waals surface area contributed by atoms with Crippen molar-refractivity contribution in [2.24, 2.45) is 5.73 Å². The average Bonchev–Trinajstić information content (AvgIpc) is 2.86. The zero-order valence-electron chi connectivity index (χ0n) is 10.3. The van der Waals surface area contributed by atoms with Crippen molar-refractivity contribution < 1.29 is 9.47 Å². The minimum atomic E-state index is 0.579. The van der Waals surface area contributed by atoms with Crippen molar-refractivity contribution in [2.45, 2.75) is 6.42 Å². The molecule has 0 aliphatic carbocycles. The van der Waals surface area contributed by atoms with Crippen LogP contribution in [0, 0.1) is 0 Å². The van der Waals surface area contributed by atoms with E-state index in [0.29, 0.717) is 19.8 Å². The van der Waals surface area contributed by atoms with Crippen LogP contribution in [0.5, 0.6) is 11.5 Å². The maximum Gasteiger partial charge on any atom is 0.210 e. The highest BCUT2D eigenvalue weighted by Crippen LogP contribution is 2.33. The van der Waals surface area contributed by atoms with E-state index in [-0.39, 0.29) is 0 Å². The molecule has 0 amide bonds. The molecule has 0 saturated carbocycles. The van der Waals surface area contributed by atoms with Crippen LogP contribution in [0.4, 0.5) is 10.8 Å². The van der Waals surface area contributed by atoms with Crippen LogP contribution in [0.15, 0.2) is 18.2 Å². The van der Waals surface area contributed by atoms with Crippen LogP contribution in [0.2, 0.25) is 0 Å². The Morgan fingerprint density at radius 1 is 1.21 bits per heavy atom. The number of benzene rings is 1. The van der Waals surface area contributed by atoms with Gasteiger partial charge in [-0.2, -0.15) is 0 Å². The molecule has 2 heterocycles. The second-order valence-corrected chi connectivity index (χ2v) is 5.09. The molecule has 2 aromatic rings. The molecule has 3 rings (SSSR count). The topological polar surface area (TPSA) is 82.3 Å². The summed E-state index contributed by atoms with van der Waals surface area (Å²) in [4.78, 5) is 0. The maximum absolute atomic E-state index is 5.53. The molecular weight excluding hydrogens is 264 g/mol. The summed E-state index contributed by atoms with van der Waals surface area (Å²) < 4.78 is 11.0. The van der Waals surface area contributed by atoms with E-state index in [1.807, 2.05) is 18.2 Å². The smallest absolute Gasteiger partial charge is 0.210 e. The molecule has 0 radical (unpaired) electrons. The molecule has 1 aromatic heterocycles. The Labute approximate surface area is 114 Å². The highest BCUT2D eigenvalue weighted by Gasteiger charge is 2.12. The largest absolute Gasteiger partial charge is 0.486 e. The molecule has 6 nitrogen and oxygen atoms in total. The minimum absolute atomic E-state index is 0.579. The first-order valence-corrected chi connectivity index (χ1v) is 6.86. The molecule has 0 atom stereocenters. The SMILES string of the molecule is NCCc1nnc(Nc2ccc3c(c2)OCCO3)s1. The first-order chi connectivity index (χ1) is 9.35. The molecule has 0 unspecified atom stereocenters. The lowest BCUT2D eigenvalue weighted by atomic mass is 10.2. The molecular formula is C12H14N4O2S. The van der Waals surface area contributed by atoms with E-state index in [1.165, 1.54) is 11.3 Å². The summed E-state index contributed by atoms with van der Waals surface area (Å²) in [6.07, 6.45) is 0.750. The van der Waals surface area contributed by atoms with E-state index >= 15 is 0 Å². The third-order valence-electron chi connectivity index (χ3n) is 2.62. The molecule has 0 fully saturated rings. The van der Waals surface area contributed by atoms with Crippen molar-refractivity contribution in [3.8, 4) is 11.5 Å². The summed E-state index contributed by atoms with van der Waals surface area (Å²) in [5, 5.41) is 13.0. The highest BCUT2D eigenvalue weighted by atomic mass is 32.1. The van der Waals surface area contributed by atoms with Gasteiger partial charge in [0.25, 0.3) is 0 Å². The van der Waals surface area contributed by atoms with Crippen LogP contribution in [0.25, 0.3) is 0 Å². The zero-order chi connectivity index (χ0) is 13.1. The van der Waals surface area contributed by atoms with E-state index in [4.69, 9.17) is 15.2 Å². The van der Waals surface area contributed by atoms with E-state index in [2.05, 4.69) is 15.5 Å². The molecule has 0 bridgehead atoms. The molecule has 1 aromatic carbocycles. The van der Waals surface area contributed by atoms with Crippen molar-refractivity contribution in [3.63, 3.8) is 0 Å². The zero-order valence-corrected chi connectivity index (χ0v) is 11.1. The Morgan fingerprint density at radius 2 is 2.05 bits per heavy atom.